The Labute approximate surface area is 128 Å². The Morgan fingerprint density at radius 1 is 1.05 bits per heavy atom. The first-order valence-corrected chi connectivity index (χ1v) is 7.93. The number of benzene rings is 1. The maximum absolute atomic E-state index is 5.91. The molecule has 0 radical (unpaired) electrons. The lowest BCUT2D eigenvalue weighted by Crippen LogP contribution is -2.31. The van der Waals surface area contributed by atoms with Crippen molar-refractivity contribution in [3.05, 3.63) is 35.6 Å². The zero-order valence-electron chi connectivity index (χ0n) is 13.7. The van der Waals surface area contributed by atoms with Crippen molar-refractivity contribution in [2.45, 2.75) is 40.8 Å². The molecule has 2 rings (SSSR count). The Balaban J connectivity index is 2.30. The van der Waals surface area contributed by atoms with Crippen LogP contribution in [0.25, 0.3) is 11.0 Å². The molecule has 2 N–H and O–H groups in total. The van der Waals surface area contributed by atoms with Crippen LogP contribution in [0.3, 0.4) is 0 Å². The summed E-state index contributed by atoms with van der Waals surface area (Å²) in [5.74, 6) is 2.24. The van der Waals surface area contributed by atoms with Gasteiger partial charge < -0.3 is 10.2 Å². The Kier molecular flexibility index (Phi) is 5.43. The Morgan fingerprint density at radius 3 is 2.24 bits per heavy atom. The van der Waals surface area contributed by atoms with Crippen LogP contribution in [0.4, 0.5) is 0 Å². The molecule has 0 atom stereocenters. The summed E-state index contributed by atoms with van der Waals surface area (Å²) in [6.07, 6.45) is 0. The van der Waals surface area contributed by atoms with Gasteiger partial charge in [-0.2, -0.15) is 0 Å². The van der Waals surface area contributed by atoms with Gasteiger partial charge in [-0.25, -0.2) is 0 Å². The molecule has 0 aliphatic rings. The van der Waals surface area contributed by atoms with Crippen LogP contribution in [0.5, 0.6) is 0 Å². The number of para-hydroxylation sites is 1. The predicted molar refractivity (Wildman–Crippen MR) is 89.1 cm³/mol. The summed E-state index contributed by atoms with van der Waals surface area (Å²) < 4.78 is 5.91. The van der Waals surface area contributed by atoms with E-state index >= 15 is 0 Å². The average molecular weight is 288 g/mol. The summed E-state index contributed by atoms with van der Waals surface area (Å²) in [5, 5.41) is 1.20. The third-order valence-corrected chi connectivity index (χ3v) is 3.60. The normalized spacial score (nSPS) is 12.2. The van der Waals surface area contributed by atoms with Crippen LogP contribution < -0.4 is 5.73 Å². The first-order chi connectivity index (χ1) is 10.0. The van der Waals surface area contributed by atoms with E-state index in [4.69, 9.17) is 10.2 Å². The van der Waals surface area contributed by atoms with E-state index in [-0.39, 0.29) is 0 Å². The molecule has 0 unspecified atom stereocenters. The smallest absolute Gasteiger partial charge is 0.134 e. The van der Waals surface area contributed by atoms with Gasteiger partial charge in [0.25, 0.3) is 0 Å². The van der Waals surface area contributed by atoms with Gasteiger partial charge in [0, 0.05) is 30.6 Å². The molecule has 3 nitrogen and oxygen atoms in total. The highest BCUT2D eigenvalue weighted by Gasteiger charge is 2.17. The minimum Gasteiger partial charge on any atom is -0.459 e. The van der Waals surface area contributed by atoms with E-state index in [1.54, 1.807) is 0 Å². The van der Waals surface area contributed by atoms with E-state index < -0.39 is 0 Å². The van der Waals surface area contributed by atoms with Crippen LogP contribution in [0.1, 0.15) is 39.0 Å². The molecule has 2 aromatic rings. The molecular formula is C18H28N2O. The van der Waals surface area contributed by atoms with Crippen molar-refractivity contribution in [2.24, 2.45) is 17.6 Å². The number of fused-ring (bicyclic) bond motifs is 1. The van der Waals surface area contributed by atoms with Crippen LogP contribution in [0.15, 0.2) is 28.7 Å². The van der Waals surface area contributed by atoms with Gasteiger partial charge in [-0.15, -0.1) is 0 Å². The third kappa shape index (κ3) is 4.08. The summed E-state index contributed by atoms with van der Waals surface area (Å²) in [5.41, 5.74) is 8.09. The number of hydrogen-bond acceptors (Lipinski definition) is 3. The van der Waals surface area contributed by atoms with Gasteiger partial charge in [0.1, 0.15) is 11.3 Å². The van der Waals surface area contributed by atoms with Crippen molar-refractivity contribution in [1.29, 1.82) is 0 Å². The number of nitrogens with zero attached hydrogens (tertiary/aromatic N) is 1. The van der Waals surface area contributed by atoms with Crippen molar-refractivity contribution < 1.29 is 4.42 Å². The molecule has 1 aromatic carbocycles. The van der Waals surface area contributed by atoms with E-state index in [0.717, 1.165) is 31.0 Å². The highest BCUT2D eigenvalue weighted by Crippen LogP contribution is 2.27. The van der Waals surface area contributed by atoms with Crippen LogP contribution in [0, 0.1) is 11.8 Å². The Morgan fingerprint density at radius 2 is 1.67 bits per heavy atom. The molecule has 0 saturated heterocycles. The van der Waals surface area contributed by atoms with Gasteiger partial charge in [0.2, 0.25) is 0 Å². The van der Waals surface area contributed by atoms with Crippen molar-refractivity contribution in [3.63, 3.8) is 0 Å². The van der Waals surface area contributed by atoms with Crippen molar-refractivity contribution in [1.82, 2.24) is 4.90 Å². The zero-order chi connectivity index (χ0) is 15.4. The maximum atomic E-state index is 5.91. The number of nitrogens with two attached hydrogens (primary N) is 1. The van der Waals surface area contributed by atoms with Crippen molar-refractivity contribution >= 4 is 11.0 Å². The lowest BCUT2D eigenvalue weighted by atomic mass is 10.1. The first kappa shape index (κ1) is 16.1. The standard InChI is InChI=1S/C18H28N2O/c1-13(2)10-20(11-14(3)4)12-16-15-7-5-6-8-17(15)21-18(16)9-19/h5-8,13-14H,9-12,19H2,1-4H3. The van der Waals surface area contributed by atoms with Gasteiger partial charge in [-0.1, -0.05) is 45.9 Å². The molecule has 1 heterocycles. The molecule has 0 saturated carbocycles. The second-order valence-electron chi connectivity index (χ2n) is 6.69. The lowest BCUT2D eigenvalue weighted by Gasteiger charge is -2.26. The van der Waals surface area contributed by atoms with E-state index in [9.17, 15) is 0 Å². The third-order valence-electron chi connectivity index (χ3n) is 3.60. The molecule has 0 aliphatic carbocycles. The number of furan rings is 1. The Bertz CT molecular complexity index is 562. The van der Waals surface area contributed by atoms with Crippen molar-refractivity contribution in [2.75, 3.05) is 13.1 Å². The number of hydrogen-bond donors (Lipinski definition) is 1. The second kappa shape index (κ2) is 7.10. The maximum Gasteiger partial charge on any atom is 0.134 e. The van der Waals surface area contributed by atoms with Crippen molar-refractivity contribution in [3.8, 4) is 0 Å². The first-order valence-electron chi connectivity index (χ1n) is 7.93. The molecule has 1 aromatic heterocycles. The van der Waals surface area contributed by atoms with Gasteiger partial charge in [-0.05, 0) is 17.9 Å². The molecule has 0 bridgehead atoms. The minimum absolute atomic E-state index is 0.460. The van der Waals surface area contributed by atoms with Crippen LogP contribution in [0.2, 0.25) is 0 Å². The molecule has 116 valence electrons. The molecule has 0 spiro atoms. The molecule has 21 heavy (non-hydrogen) atoms. The summed E-state index contributed by atoms with van der Waals surface area (Å²) >= 11 is 0. The van der Waals surface area contributed by atoms with E-state index in [1.165, 1.54) is 10.9 Å². The SMILES string of the molecule is CC(C)CN(Cc1c(CN)oc2ccccc12)CC(C)C. The zero-order valence-corrected chi connectivity index (χ0v) is 13.7. The fraction of sp³-hybridized carbons (Fsp3) is 0.556. The van der Waals surface area contributed by atoms with E-state index in [2.05, 4.69) is 44.7 Å². The monoisotopic (exact) mass is 288 g/mol. The minimum atomic E-state index is 0.460. The quantitative estimate of drug-likeness (QED) is 0.837. The van der Waals surface area contributed by atoms with Gasteiger partial charge in [0.15, 0.2) is 0 Å². The molecular weight excluding hydrogens is 260 g/mol. The molecule has 3 heteroatoms. The fourth-order valence-electron chi connectivity index (χ4n) is 2.95. The fourth-order valence-corrected chi connectivity index (χ4v) is 2.95. The predicted octanol–water partition coefficient (Wildman–Crippen LogP) is 4.01. The summed E-state index contributed by atoms with van der Waals surface area (Å²) in [6, 6.07) is 8.23. The molecule has 0 amide bonds. The Hall–Kier alpha value is -1.32. The lowest BCUT2D eigenvalue weighted by molar-refractivity contribution is 0.210. The summed E-state index contributed by atoms with van der Waals surface area (Å²) in [6.45, 7) is 12.6. The van der Waals surface area contributed by atoms with Gasteiger partial charge >= 0.3 is 0 Å². The molecule has 0 aliphatic heterocycles. The highest BCUT2D eigenvalue weighted by atomic mass is 16.3. The number of rotatable bonds is 7. The van der Waals surface area contributed by atoms with Gasteiger partial charge in [-0.3, -0.25) is 4.90 Å². The summed E-state index contributed by atoms with van der Waals surface area (Å²) in [4.78, 5) is 2.52. The second-order valence-corrected chi connectivity index (χ2v) is 6.69. The van der Waals surface area contributed by atoms with Gasteiger partial charge in [0.05, 0.1) is 6.54 Å². The largest absolute Gasteiger partial charge is 0.459 e. The van der Waals surface area contributed by atoms with E-state index in [0.29, 0.717) is 18.4 Å². The average Bonchev–Trinajstić information content (AvgIpc) is 2.75. The highest BCUT2D eigenvalue weighted by molar-refractivity contribution is 5.82. The van der Waals surface area contributed by atoms with Crippen LogP contribution >= 0.6 is 0 Å². The molecule has 0 fully saturated rings. The van der Waals surface area contributed by atoms with Crippen LogP contribution in [-0.2, 0) is 13.1 Å². The van der Waals surface area contributed by atoms with E-state index in [1.807, 2.05) is 12.1 Å². The van der Waals surface area contributed by atoms with Crippen LogP contribution in [-0.4, -0.2) is 18.0 Å². The topological polar surface area (TPSA) is 42.4 Å². The summed E-state index contributed by atoms with van der Waals surface area (Å²) in [7, 11) is 0.